The quantitative estimate of drug-likeness (QED) is 0.583. The van der Waals surface area contributed by atoms with Crippen molar-refractivity contribution in [2.24, 2.45) is 11.3 Å². The highest BCUT2D eigenvalue weighted by Crippen LogP contribution is 2.24. The average Bonchev–Trinajstić information content (AvgIpc) is 2.63. The molecule has 0 aromatic heterocycles. The first-order valence-electron chi connectivity index (χ1n) is 6.11. The van der Waals surface area contributed by atoms with E-state index in [0.717, 1.165) is 12.0 Å². The van der Waals surface area contributed by atoms with Crippen LogP contribution in [0.25, 0.3) is 0 Å². The molecule has 0 spiro atoms. The van der Waals surface area contributed by atoms with Gasteiger partial charge in [0.25, 0.3) is 0 Å². The summed E-state index contributed by atoms with van der Waals surface area (Å²) in [5.74, 6) is 0.138. The fourth-order valence-electron chi connectivity index (χ4n) is 1.65. The molecular formula is C14H23NO2. The standard InChI is InChI=1S/C14H23NO2/c1-10(14(2,3)4)7-13(17)15-12-6-5-11(8-12)9-16/h5-7,11-12,16H,8-9H2,1-4H3,(H,15,17)/b10-7-/t11-,12+/m0/s1. The van der Waals surface area contributed by atoms with Gasteiger partial charge in [-0.05, 0) is 18.8 Å². The van der Waals surface area contributed by atoms with Crippen molar-refractivity contribution in [1.82, 2.24) is 5.32 Å². The van der Waals surface area contributed by atoms with Crippen LogP contribution in [-0.4, -0.2) is 23.7 Å². The molecule has 3 nitrogen and oxygen atoms in total. The van der Waals surface area contributed by atoms with Crippen molar-refractivity contribution in [3.63, 3.8) is 0 Å². The van der Waals surface area contributed by atoms with Crippen molar-refractivity contribution < 1.29 is 9.90 Å². The zero-order chi connectivity index (χ0) is 13.1. The van der Waals surface area contributed by atoms with Crippen molar-refractivity contribution in [2.75, 3.05) is 6.61 Å². The van der Waals surface area contributed by atoms with E-state index >= 15 is 0 Å². The summed E-state index contributed by atoms with van der Waals surface area (Å²) in [5.41, 5.74) is 1.09. The van der Waals surface area contributed by atoms with E-state index in [1.807, 2.05) is 19.1 Å². The average molecular weight is 237 g/mol. The highest BCUT2D eigenvalue weighted by molar-refractivity contribution is 5.88. The van der Waals surface area contributed by atoms with Gasteiger partial charge in [0.2, 0.25) is 5.91 Å². The van der Waals surface area contributed by atoms with Gasteiger partial charge in [-0.3, -0.25) is 4.79 Å². The number of allylic oxidation sites excluding steroid dienone is 1. The lowest BCUT2D eigenvalue weighted by Gasteiger charge is -2.19. The summed E-state index contributed by atoms with van der Waals surface area (Å²) in [7, 11) is 0. The second kappa shape index (κ2) is 5.50. The molecular weight excluding hydrogens is 214 g/mol. The predicted octanol–water partition coefficient (Wildman–Crippen LogP) is 2.03. The smallest absolute Gasteiger partial charge is 0.244 e. The van der Waals surface area contributed by atoms with Gasteiger partial charge >= 0.3 is 0 Å². The molecule has 0 fully saturated rings. The van der Waals surface area contributed by atoms with Gasteiger partial charge in [-0.25, -0.2) is 0 Å². The molecule has 0 radical (unpaired) electrons. The zero-order valence-electron chi connectivity index (χ0n) is 11.2. The van der Waals surface area contributed by atoms with Crippen LogP contribution in [0.5, 0.6) is 0 Å². The Kier molecular flexibility index (Phi) is 4.52. The lowest BCUT2D eigenvalue weighted by molar-refractivity contribution is -0.117. The molecule has 0 saturated carbocycles. The largest absolute Gasteiger partial charge is 0.396 e. The fourth-order valence-corrected chi connectivity index (χ4v) is 1.65. The molecule has 1 rings (SSSR count). The van der Waals surface area contributed by atoms with E-state index in [0.29, 0.717) is 0 Å². The van der Waals surface area contributed by atoms with Crippen LogP contribution in [0.2, 0.25) is 0 Å². The van der Waals surface area contributed by atoms with Crippen molar-refractivity contribution in [3.8, 4) is 0 Å². The minimum atomic E-state index is -0.0503. The molecule has 2 N–H and O–H groups in total. The Bertz CT molecular complexity index is 337. The molecule has 3 heteroatoms. The number of carbonyl (C=O) groups is 1. The maximum Gasteiger partial charge on any atom is 0.244 e. The van der Waals surface area contributed by atoms with Gasteiger partial charge in [0.05, 0.1) is 0 Å². The summed E-state index contributed by atoms with van der Waals surface area (Å²) in [5, 5.41) is 11.9. The highest BCUT2D eigenvalue weighted by Gasteiger charge is 2.20. The first-order chi connectivity index (χ1) is 7.82. The number of nitrogens with one attached hydrogen (secondary N) is 1. The first kappa shape index (κ1) is 14.0. The van der Waals surface area contributed by atoms with Crippen LogP contribution >= 0.6 is 0 Å². The Labute approximate surface area is 104 Å². The van der Waals surface area contributed by atoms with Crippen LogP contribution in [0, 0.1) is 11.3 Å². The Morgan fingerprint density at radius 1 is 1.47 bits per heavy atom. The topological polar surface area (TPSA) is 49.3 Å². The SMILES string of the molecule is C/C(=C/C(=O)N[C@@H]1C=C[C@H](CO)C1)C(C)(C)C. The number of hydrogen-bond acceptors (Lipinski definition) is 2. The number of amides is 1. The first-order valence-corrected chi connectivity index (χ1v) is 6.11. The summed E-state index contributed by atoms with van der Waals surface area (Å²) in [6.07, 6.45) is 6.38. The molecule has 1 aliphatic carbocycles. The number of carbonyl (C=O) groups excluding carboxylic acids is 1. The second-order valence-electron chi connectivity index (χ2n) is 5.76. The van der Waals surface area contributed by atoms with E-state index in [9.17, 15) is 4.79 Å². The Hall–Kier alpha value is -1.09. The zero-order valence-corrected chi connectivity index (χ0v) is 11.2. The molecule has 0 saturated heterocycles. The van der Waals surface area contributed by atoms with Gasteiger partial charge in [-0.2, -0.15) is 0 Å². The molecule has 1 amide bonds. The van der Waals surface area contributed by atoms with Crippen molar-refractivity contribution in [2.45, 2.75) is 40.2 Å². The van der Waals surface area contributed by atoms with E-state index in [4.69, 9.17) is 5.11 Å². The fraction of sp³-hybridized carbons (Fsp3) is 0.643. The van der Waals surface area contributed by atoms with Gasteiger partial charge < -0.3 is 10.4 Å². The third-order valence-electron chi connectivity index (χ3n) is 3.27. The molecule has 17 heavy (non-hydrogen) atoms. The molecule has 0 aromatic carbocycles. The molecule has 2 atom stereocenters. The van der Waals surface area contributed by atoms with Crippen LogP contribution in [0.15, 0.2) is 23.8 Å². The van der Waals surface area contributed by atoms with Crippen LogP contribution in [0.1, 0.15) is 34.1 Å². The molecule has 0 unspecified atom stereocenters. The predicted molar refractivity (Wildman–Crippen MR) is 69.5 cm³/mol. The van der Waals surface area contributed by atoms with Crippen LogP contribution in [0.4, 0.5) is 0 Å². The number of hydrogen-bond donors (Lipinski definition) is 2. The van der Waals surface area contributed by atoms with Crippen LogP contribution < -0.4 is 5.32 Å². The number of aliphatic hydroxyl groups is 1. The Morgan fingerprint density at radius 3 is 2.59 bits per heavy atom. The molecule has 96 valence electrons. The minimum absolute atomic E-state index is 0.0243. The van der Waals surface area contributed by atoms with E-state index < -0.39 is 0 Å². The maximum atomic E-state index is 11.8. The lowest BCUT2D eigenvalue weighted by atomic mass is 9.87. The van der Waals surface area contributed by atoms with Crippen molar-refractivity contribution in [1.29, 1.82) is 0 Å². The van der Waals surface area contributed by atoms with Crippen LogP contribution in [-0.2, 0) is 4.79 Å². The minimum Gasteiger partial charge on any atom is -0.396 e. The molecule has 0 aromatic rings. The maximum absolute atomic E-state index is 11.8. The van der Waals surface area contributed by atoms with Crippen molar-refractivity contribution >= 4 is 5.91 Å². The Balaban J connectivity index is 2.49. The van der Waals surface area contributed by atoms with Gasteiger partial charge in [0.15, 0.2) is 0 Å². The normalized spacial score (nSPS) is 25.1. The van der Waals surface area contributed by atoms with Gasteiger partial charge in [-0.1, -0.05) is 38.5 Å². The summed E-state index contributed by atoms with van der Waals surface area (Å²) >= 11 is 0. The summed E-state index contributed by atoms with van der Waals surface area (Å²) in [4.78, 5) is 11.8. The molecule has 0 heterocycles. The molecule has 1 aliphatic rings. The van der Waals surface area contributed by atoms with E-state index in [1.165, 1.54) is 0 Å². The third-order valence-corrected chi connectivity index (χ3v) is 3.27. The van der Waals surface area contributed by atoms with Gasteiger partial charge in [0.1, 0.15) is 0 Å². The molecule has 0 aliphatic heterocycles. The highest BCUT2D eigenvalue weighted by atomic mass is 16.3. The summed E-state index contributed by atoms with van der Waals surface area (Å²) in [6.45, 7) is 8.39. The van der Waals surface area contributed by atoms with E-state index in [2.05, 4.69) is 26.1 Å². The van der Waals surface area contributed by atoms with Crippen LogP contribution in [0.3, 0.4) is 0 Å². The second-order valence-corrected chi connectivity index (χ2v) is 5.76. The summed E-state index contributed by atoms with van der Waals surface area (Å²) in [6, 6.07) is 0.0590. The third kappa shape index (κ3) is 4.35. The lowest BCUT2D eigenvalue weighted by Crippen LogP contribution is -2.32. The monoisotopic (exact) mass is 237 g/mol. The number of rotatable bonds is 3. The van der Waals surface area contributed by atoms with E-state index in [1.54, 1.807) is 6.08 Å². The summed E-state index contributed by atoms with van der Waals surface area (Å²) < 4.78 is 0. The Morgan fingerprint density at radius 2 is 2.12 bits per heavy atom. The van der Waals surface area contributed by atoms with E-state index in [-0.39, 0.29) is 29.9 Å². The molecule has 0 bridgehead atoms. The number of aliphatic hydroxyl groups excluding tert-OH is 1. The van der Waals surface area contributed by atoms with Crippen molar-refractivity contribution in [3.05, 3.63) is 23.8 Å². The van der Waals surface area contributed by atoms with Gasteiger partial charge in [0, 0.05) is 24.6 Å². The van der Waals surface area contributed by atoms with Gasteiger partial charge in [-0.15, -0.1) is 0 Å².